The van der Waals surface area contributed by atoms with Crippen molar-refractivity contribution in [2.24, 2.45) is 0 Å². The zero-order valence-electron chi connectivity index (χ0n) is 12.1. The molecule has 2 N–H and O–H groups in total. The van der Waals surface area contributed by atoms with Crippen LogP contribution in [0, 0.1) is 13.8 Å². The largest absolute Gasteiger partial charge is 0.398 e. The van der Waals surface area contributed by atoms with Crippen molar-refractivity contribution in [2.45, 2.75) is 31.8 Å². The molecule has 7 heteroatoms. The Bertz CT molecular complexity index is 795. The highest BCUT2D eigenvalue weighted by Crippen LogP contribution is 2.29. The van der Waals surface area contributed by atoms with E-state index < -0.39 is 10.0 Å². The number of nitrogen functional groups attached to an aromatic ring is 1. The highest BCUT2D eigenvalue weighted by molar-refractivity contribution is 7.89. The number of aromatic nitrogens is 2. The van der Waals surface area contributed by atoms with E-state index >= 15 is 0 Å². The number of hydrogen-bond acceptors (Lipinski definition) is 4. The Morgan fingerprint density at radius 1 is 1.24 bits per heavy atom. The van der Waals surface area contributed by atoms with Crippen LogP contribution in [0.1, 0.15) is 17.0 Å². The molecule has 2 heterocycles. The molecule has 2 aromatic rings. The maximum atomic E-state index is 12.9. The Labute approximate surface area is 124 Å². The van der Waals surface area contributed by atoms with Crippen molar-refractivity contribution in [3.05, 3.63) is 41.5 Å². The summed E-state index contributed by atoms with van der Waals surface area (Å²) in [4.78, 5) is 4.43. The topological polar surface area (TPSA) is 81.2 Å². The zero-order chi connectivity index (χ0) is 15.2. The fraction of sp³-hybridized carbons (Fsp3) is 0.357. The molecule has 0 unspecified atom stereocenters. The van der Waals surface area contributed by atoms with Crippen molar-refractivity contribution in [1.29, 1.82) is 0 Å². The predicted octanol–water partition coefficient (Wildman–Crippen LogP) is 1.29. The summed E-state index contributed by atoms with van der Waals surface area (Å²) in [6, 6.07) is 3.49. The summed E-state index contributed by atoms with van der Waals surface area (Å²) in [5, 5.41) is 0. The monoisotopic (exact) mass is 306 g/mol. The Morgan fingerprint density at radius 3 is 2.76 bits per heavy atom. The van der Waals surface area contributed by atoms with Crippen LogP contribution in [0.3, 0.4) is 0 Å². The van der Waals surface area contributed by atoms with Crippen LogP contribution in [-0.4, -0.2) is 28.8 Å². The molecule has 1 aromatic carbocycles. The molecule has 0 amide bonds. The van der Waals surface area contributed by atoms with E-state index in [-0.39, 0.29) is 11.4 Å². The first-order valence-corrected chi connectivity index (χ1v) is 8.21. The third-order valence-corrected chi connectivity index (χ3v) is 6.06. The van der Waals surface area contributed by atoms with Gasteiger partial charge in [0, 0.05) is 25.5 Å². The van der Waals surface area contributed by atoms with Gasteiger partial charge in [-0.05, 0) is 31.0 Å². The number of aryl methyl sites for hydroxylation is 1. The van der Waals surface area contributed by atoms with Gasteiger partial charge in [0.25, 0.3) is 0 Å². The lowest BCUT2D eigenvalue weighted by Crippen LogP contribution is -2.38. The van der Waals surface area contributed by atoms with E-state index in [0.717, 1.165) is 11.4 Å². The molecule has 1 aliphatic heterocycles. The first-order valence-electron chi connectivity index (χ1n) is 6.77. The van der Waals surface area contributed by atoms with Crippen LogP contribution in [0.15, 0.2) is 29.4 Å². The first-order chi connectivity index (χ1) is 9.91. The van der Waals surface area contributed by atoms with Gasteiger partial charge in [-0.1, -0.05) is 6.07 Å². The van der Waals surface area contributed by atoms with E-state index in [0.29, 0.717) is 24.3 Å². The number of nitrogens with zero attached hydrogens (tertiary/aromatic N) is 3. The Morgan fingerprint density at radius 2 is 2.00 bits per heavy atom. The van der Waals surface area contributed by atoms with Gasteiger partial charge < -0.3 is 10.3 Å². The lowest BCUT2D eigenvalue weighted by molar-refractivity contribution is 0.335. The predicted molar refractivity (Wildman–Crippen MR) is 80.2 cm³/mol. The summed E-state index contributed by atoms with van der Waals surface area (Å²) in [6.45, 7) is 5.00. The molecular weight excluding hydrogens is 288 g/mol. The van der Waals surface area contributed by atoms with Crippen molar-refractivity contribution in [3.8, 4) is 0 Å². The molecule has 1 aliphatic rings. The molecule has 0 saturated carbocycles. The Balaban J connectivity index is 2.05. The highest BCUT2D eigenvalue weighted by atomic mass is 32.2. The van der Waals surface area contributed by atoms with Gasteiger partial charge >= 0.3 is 0 Å². The molecule has 0 saturated heterocycles. The maximum Gasteiger partial charge on any atom is 0.245 e. The number of sulfonamides is 1. The van der Waals surface area contributed by atoms with Crippen molar-refractivity contribution < 1.29 is 8.42 Å². The maximum absolute atomic E-state index is 12.9. The molecule has 0 bridgehead atoms. The van der Waals surface area contributed by atoms with Crippen LogP contribution in [0.2, 0.25) is 0 Å². The van der Waals surface area contributed by atoms with Gasteiger partial charge in [-0.15, -0.1) is 0 Å². The van der Waals surface area contributed by atoms with Crippen molar-refractivity contribution >= 4 is 15.7 Å². The van der Waals surface area contributed by atoms with Gasteiger partial charge in [-0.2, -0.15) is 4.31 Å². The molecule has 0 atom stereocenters. The Kier molecular flexibility index (Phi) is 3.26. The van der Waals surface area contributed by atoms with Crippen molar-refractivity contribution in [2.75, 3.05) is 12.3 Å². The molecule has 21 heavy (non-hydrogen) atoms. The minimum absolute atomic E-state index is 0.225. The first kappa shape index (κ1) is 14.1. The van der Waals surface area contributed by atoms with Crippen LogP contribution in [0.25, 0.3) is 0 Å². The minimum Gasteiger partial charge on any atom is -0.398 e. The molecule has 3 rings (SSSR count). The second-order valence-electron chi connectivity index (χ2n) is 5.30. The van der Waals surface area contributed by atoms with Gasteiger partial charge in [0.15, 0.2) is 0 Å². The number of fused-ring (bicyclic) bond motifs is 1. The number of anilines is 1. The van der Waals surface area contributed by atoms with Gasteiger partial charge in [0.05, 0.1) is 12.2 Å². The molecule has 6 nitrogen and oxygen atoms in total. The molecular formula is C14H18N4O2S. The summed E-state index contributed by atoms with van der Waals surface area (Å²) >= 11 is 0. The standard InChI is InChI=1S/C14H18N4O2S/c1-10-3-4-12(15)14(11(10)2)21(19,20)18-8-7-17-6-5-16-13(17)9-18/h3-6H,7-9,15H2,1-2H3. The quantitative estimate of drug-likeness (QED) is 0.848. The Hall–Kier alpha value is -1.86. The van der Waals surface area contributed by atoms with Crippen molar-refractivity contribution in [3.63, 3.8) is 0 Å². The average molecular weight is 306 g/mol. The molecule has 0 fully saturated rings. The second-order valence-corrected chi connectivity index (χ2v) is 7.18. The summed E-state index contributed by atoms with van der Waals surface area (Å²) in [5.74, 6) is 0.758. The van der Waals surface area contributed by atoms with Gasteiger partial charge in [0.2, 0.25) is 10.0 Å². The number of nitrogens with two attached hydrogens (primary N) is 1. The van der Waals surface area contributed by atoms with Gasteiger partial charge in [-0.3, -0.25) is 0 Å². The van der Waals surface area contributed by atoms with Crippen LogP contribution in [0.5, 0.6) is 0 Å². The molecule has 0 spiro atoms. The third kappa shape index (κ3) is 2.22. The SMILES string of the molecule is Cc1ccc(N)c(S(=O)(=O)N2CCn3ccnc3C2)c1C. The van der Waals surface area contributed by atoms with E-state index in [9.17, 15) is 8.42 Å². The van der Waals surface area contributed by atoms with E-state index in [1.807, 2.05) is 23.8 Å². The summed E-state index contributed by atoms with van der Waals surface area (Å²) in [6.07, 6.45) is 3.56. The lowest BCUT2D eigenvalue weighted by Gasteiger charge is -2.28. The lowest BCUT2D eigenvalue weighted by atomic mass is 10.1. The van der Waals surface area contributed by atoms with Gasteiger partial charge in [-0.25, -0.2) is 13.4 Å². The smallest absolute Gasteiger partial charge is 0.245 e. The van der Waals surface area contributed by atoms with Crippen LogP contribution < -0.4 is 5.73 Å². The number of rotatable bonds is 2. The van der Waals surface area contributed by atoms with E-state index in [2.05, 4.69) is 4.98 Å². The molecule has 0 radical (unpaired) electrons. The van der Waals surface area contributed by atoms with Crippen LogP contribution >= 0.6 is 0 Å². The third-order valence-electron chi connectivity index (χ3n) is 4.01. The van der Waals surface area contributed by atoms with Crippen LogP contribution in [-0.2, 0) is 23.1 Å². The average Bonchev–Trinajstić information content (AvgIpc) is 2.90. The fourth-order valence-corrected chi connectivity index (χ4v) is 4.42. The van der Waals surface area contributed by atoms with E-state index in [1.165, 1.54) is 4.31 Å². The summed E-state index contributed by atoms with van der Waals surface area (Å²) in [5.41, 5.74) is 7.86. The molecule has 112 valence electrons. The minimum atomic E-state index is -3.61. The van der Waals surface area contributed by atoms with Crippen molar-refractivity contribution in [1.82, 2.24) is 13.9 Å². The zero-order valence-corrected chi connectivity index (χ0v) is 12.9. The van der Waals surface area contributed by atoms with Crippen LogP contribution in [0.4, 0.5) is 5.69 Å². The molecule has 1 aromatic heterocycles. The highest BCUT2D eigenvalue weighted by Gasteiger charge is 2.31. The summed E-state index contributed by atoms with van der Waals surface area (Å²) < 4.78 is 29.3. The normalized spacial score (nSPS) is 15.9. The fourth-order valence-electron chi connectivity index (χ4n) is 2.64. The number of hydrogen-bond donors (Lipinski definition) is 1. The number of imidazole rings is 1. The second kappa shape index (κ2) is 4.85. The van der Waals surface area contributed by atoms with E-state index in [4.69, 9.17) is 5.73 Å². The summed E-state index contributed by atoms with van der Waals surface area (Å²) in [7, 11) is -3.61. The number of benzene rings is 1. The van der Waals surface area contributed by atoms with Gasteiger partial charge in [0.1, 0.15) is 10.7 Å². The van der Waals surface area contributed by atoms with E-state index in [1.54, 1.807) is 19.2 Å². The molecule has 0 aliphatic carbocycles.